The van der Waals surface area contributed by atoms with Crippen molar-refractivity contribution in [2.45, 2.75) is 30.7 Å². The maximum atomic E-state index is 12.7. The van der Waals surface area contributed by atoms with Gasteiger partial charge in [-0.05, 0) is 55.2 Å². The molecule has 4 nitrogen and oxygen atoms in total. The molecule has 0 bridgehead atoms. The van der Waals surface area contributed by atoms with Crippen molar-refractivity contribution < 1.29 is 4.55 Å². The van der Waals surface area contributed by atoms with Crippen LogP contribution in [0.4, 0.5) is 5.69 Å². The van der Waals surface area contributed by atoms with Gasteiger partial charge in [-0.1, -0.05) is 12.1 Å². The molecule has 1 aliphatic heterocycles. The van der Waals surface area contributed by atoms with Crippen LogP contribution in [-0.2, 0) is 23.3 Å². The topological polar surface area (TPSA) is 55.0 Å². The Morgan fingerprint density at radius 3 is 2.96 bits per heavy atom. The molecule has 0 spiro atoms. The smallest absolute Gasteiger partial charge is 0.321 e. The maximum absolute atomic E-state index is 12.7. The number of fused-ring (bicyclic) bond motifs is 2. The number of H-pyrrole nitrogens is 1. The molecule has 1 aliphatic rings. The van der Waals surface area contributed by atoms with Crippen LogP contribution in [0.2, 0.25) is 0 Å². The lowest BCUT2D eigenvalue weighted by atomic mass is 9.96. The van der Waals surface area contributed by atoms with Crippen LogP contribution in [0.1, 0.15) is 23.1 Å². The Morgan fingerprint density at radius 1 is 1.29 bits per heavy atom. The molecule has 124 valence electrons. The lowest BCUT2D eigenvalue weighted by Crippen LogP contribution is -2.25. The van der Waals surface area contributed by atoms with Crippen molar-refractivity contribution in [3.8, 4) is 0 Å². The highest BCUT2D eigenvalue weighted by Crippen LogP contribution is 2.31. The summed E-state index contributed by atoms with van der Waals surface area (Å²) < 4.78 is 12.7. The summed E-state index contributed by atoms with van der Waals surface area (Å²) in [6.07, 6.45) is 2.28. The fourth-order valence-corrected chi connectivity index (χ4v) is 4.66. The number of nitrogens with one attached hydrogen (secondary N) is 1. The van der Waals surface area contributed by atoms with Crippen LogP contribution in [0.5, 0.6) is 0 Å². The maximum Gasteiger partial charge on any atom is 0.321 e. The van der Waals surface area contributed by atoms with Crippen LogP contribution in [0, 0.1) is 6.92 Å². The van der Waals surface area contributed by atoms with Gasteiger partial charge in [0.2, 0.25) is 0 Å². The minimum Gasteiger partial charge on any atom is -0.609 e. The molecule has 0 aliphatic carbocycles. The first-order chi connectivity index (χ1) is 11.6. The normalized spacial score (nSPS) is 15.5. The molecule has 1 unspecified atom stereocenters. The van der Waals surface area contributed by atoms with Gasteiger partial charge < -0.3 is 9.45 Å². The molecular formula is C19H21N3OS. The van der Waals surface area contributed by atoms with E-state index in [1.54, 1.807) is 0 Å². The number of benzene rings is 2. The number of aryl methyl sites for hydroxylation is 2. The number of aromatic amines is 1. The Morgan fingerprint density at radius 2 is 2.12 bits per heavy atom. The summed E-state index contributed by atoms with van der Waals surface area (Å²) in [7, 11) is 2.15. The van der Waals surface area contributed by atoms with E-state index in [0.717, 1.165) is 29.6 Å². The first kappa shape index (κ1) is 15.5. The van der Waals surface area contributed by atoms with Gasteiger partial charge in [0.25, 0.3) is 0 Å². The van der Waals surface area contributed by atoms with Crippen molar-refractivity contribution in [2.75, 3.05) is 18.5 Å². The molecule has 3 aromatic rings. The van der Waals surface area contributed by atoms with Crippen LogP contribution >= 0.6 is 0 Å². The molecule has 1 aromatic heterocycles. The van der Waals surface area contributed by atoms with E-state index in [-0.39, 0.29) is 0 Å². The van der Waals surface area contributed by atoms with E-state index in [0.29, 0.717) is 10.9 Å². The standard InChI is InChI=1S/C19H21N3OS/c1-13-10-14(11-15-6-5-9-22(2)18(13)15)12-24(23)19-20-16-7-3-4-8-17(16)21-19/h3-4,7-8,10-11H,5-6,9,12H2,1-2H3,(H,20,21). The minimum atomic E-state index is -1.17. The van der Waals surface area contributed by atoms with Gasteiger partial charge in [0, 0.05) is 36.0 Å². The summed E-state index contributed by atoms with van der Waals surface area (Å²) in [5.41, 5.74) is 6.92. The van der Waals surface area contributed by atoms with Gasteiger partial charge >= 0.3 is 5.16 Å². The Hall–Kier alpha value is -1.98. The third-order valence-electron chi connectivity index (χ3n) is 4.64. The van der Waals surface area contributed by atoms with E-state index in [4.69, 9.17) is 0 Å². The Kier molecular flexibility index (Phi) is 3.98. The van der Waals surface area contributed by atoms with E-state index in [1.165, 1.54) is 23.2 Å². The summed E-state index contributed by atoms with van der Waals surface area (Å²) in [5.74, 6) is 0.498. The van der Waals surface area contributed by atoms with Crippen molar-refractivity contribution in [1.29, 1.82) is 0 Å². The lowest BCUT2D eigenvalue weighted by molar-refractivity contribution is 0.587. The molecule has 1 atom stereocenters. The first-order valence-electron chi connectivity index (χ1n) is 8.28. The molecule has 0 radical (unpaired) electrons. The highest BCUT2D eigenvalue weighted by atomic mass is 32.2. The average molecular weight is 339 g/mol. The number of hydrogen-bond acceptors (Lipinski definition) is 3. The van der Waals surface area contributed by atoms with Gasteiger partial charge in [0.15, 0.2) is 0 Å². The van der Waals surface area contributed by atoms with Crippen LogP contribution in [0.25, 0.3) is 11.0 Å². The summed E-state index contributed by atoms with van der Waals surface area (Å²) in [6, 6.07) is 12.2. The number of rotatable bonds is 3. The average Bonchev–Trinajstić information content (AvgIpc) is 2.99. The second kappa shape index (κ2) is 6.15. The van der Waals surface area contributed by atoms with Gasteiger partial charge in [-0.2, -0.15) is 4.98 Å². The molecule has 2 aromatic carbocycles. The van der Waals surface area contributed by atoms with Gasteiger partial charge in [0.05, 0.1) is 11.0 Å². The highest BCUT2D eigenvalue weighted by molar-refractivity contribution is 7.90. The third kappa shape index (κ3) is 2.78. The van der Waals surface area contributed by atoms with Crippen molar-refractivity contribution in [2.24, 2.45) is 0 Å². The van der Waals surface area contributed by atoms with Crippen molar-refractivity contribution >= 4 is 27.9 Å². The molecular weight excluding hydrogens is 318 g/mol. The number of hydrogen-bond donors (Lipinski definition) is 1. The fraction of sp³-hybridized carbons (Fsp3) is 0.316. The van der Waals surface area contributed by atoms with E-state index < -0.39 is 11.2 Å². The predicted octanol–water partition coefficient (Wildman–Crippen LogP) is 3.56. The van der Waals surface area contributed by atoms with E-state index in [1.807, 2.05) is 24.3 Å². The first-order valence-corrected chi connectivity index (χ1v) is 9.60. The zero-order valence-electron chi connectivity index (χ0n) is 14.0. The van der Waals surface area contributed by atoms with E-state index in [9.17, 15) is 4.55 Å². The molecule has 0 saturated carbocycles. The molecule has 1 N–H and O–H groups in total. The molecule has 4 rings (SSSR count). The van der Waals surface area contributed by atoms with Crippen LogP contribution in [-0.4, -0.2) is 28.1 Å². The quantitative estimate of drug-likeness (QED) is 0.742. The molecule has 0 fully saturated rings. The monoisotopic (exact) mass is 339 g/mol. The Bertz CT molecular complexity index is 856. The number of imidazole rings is 1. The fourth-order valence-electron chi connectivity index (χ4n) is 3.63. The van der Waals surface area contributed by atoms with Gasteiger partial charge in [-0.15, -0.1) is 0 Å². The Labute approximate surface area is 145 Å². The largest absolute Gasteiger partial charge is 0.609 e. The van der Waals surface area contributed by atoms with Crippen molar-refractivity contribution in [3.63, 3.8) is 0 Å². The van der Waals surface area contributed by atoms with Crippen molar-refractivity contribution in [3.05, 3.63) is 53.1 Å². The highest BCUT2D eigenvalue weighted by Gasteiger charge is 2.21. The SMILES string of the molecule is Cc1cc(C[S+]([O-])c2nc3ccccc3[nH]2)cc2c1N(C)CCC2. The van der Waals surface area contributed by atoms with Crippen LogP contribution in [0.3, 0.4) is 0 Å². The molecule has 0 amide bonds. The lowest BCUT2D eigenvalue weighted by Gasteiger charge is -2.29. The van der Waals surface area contributed by atoms with E-state index in [2.05, 4.69) is 41.0 Å². The molecule has 2 heterocycles. The third-order valence-corrected chi connectivity index (χ3v) is 5.86. The summed E-state index contributed by atoms with van der Waals surface area (Å²) in [4.78, 5) is 9.97. The Balaban J connectivity index is 1.61. The molecule has 0 saturated heterocycles. The number of para-hydroxylation sites is 2. The van der Waals surface area contributed by atoms with Gasteiger partial charge in [0.1, 0.15) is 5.75 Å². The van der Waals surface area contributed by atoms with Gasteiger partial charge in [-0.3, -0.25) is 4.98 Å². The van der Waals surface area contributed by atoms with E-state index >= 15 is 0 Å². The van der Waals surface area contributed by atoms with Crippen molar-refractivity contribution in [1.82, 2.24) is 9.97 Å². The summed E-state index contributed by atoms with van der Waals surface area (Å²) >= 11 is -1.17. The molecule has 24 heavy (non-hydrogen) atoms. The summed E-state index contributed by atoms with van der Waals surface area (Å²) in [6.45, 7) is 3.26. The number of anilines is 1. The second-order valence-corrected chi connectivity index (χ2v) is 7.86. The predicted molar refractivity (Wildman–Crippen MR) is 99.0 cm³/mol. The molecule has 5 heteroatoms. The van der Waals surface area contributed by atoms with Gasteiger partial charge in [-0.25, -0.2) is 0 Å². The number of aromatic nitrogens is 2. The van der Waals surface area contributed by atoms with Crippen LogP contribution < -0.4 is 4.90 Å². The second-order valence-electron chi connectivity index (χ2n) is 6.49. The minimum absolute atomic E-state index is 0.498. The van der Waals surface area contributed by atoms with Crippen LogP contribution in [0.15, 0.2) is 41.6 Å². The zero-order chi connectivity index (χ0) is 16.7. The summed E-state index contributed by atoms with van der Waals surface area (Å²) in [5, 5.41) is 0.559. The number of nitrogens with zero attached hydrogens (tertiary/aromatic N) is 2. The zero-order valence-corrected chi connectivity index (χ0v) is 14.8.